The van der Waals surface area contributed by atoms with Crippen molar-refractivity contribution in [3.63, 3.8) is 0 Å². The summed E-state index contributed by atoms with van der Waals surface area (Å²) in [7, 11) is 14.0. The third-order valence-electron chi connectivity index (χ3n) is 12.0. The van der Waals surface area contributed by atoms with Crippen molar-refractivity contribution in [2.45, 2.75) is 12.8 Å². The molecule has 3 aromatic heterocycles. The number of anilines is 6. The van der Waals surface area contributed by atoms with Crippen LogP contribution in [0.5, 0.6) is 23.0 Å². The lowest BCUT2D eigenvalue weighted by molar-refractivity contribution is -0.114. The second kappa shape index (κ2) is 29.4. The first-order valence-corrected chi connectivity index (χ1v) is 26.3. The zero-order chi connectivity index (χ0) is 59.7. The van der Waals surface area contributed by atoms with E-state index in [0.717, 1.165) is 16.5 Å². The summed E-state index contributed by atoms with van der Waals surface area (Å²) in [6.45, 7) is 1.37. The summed E-state index contributed by atoms with van der Waals surface area (Å²) < 4.78 is 61.6. The molecule has 0 bridgehead atoms. The fourth-order valence-corrected chi connectivity index (χ4v) is 8.55. The van der Waals surface area contributed by atoms with Crippen molar-refractivity contribution in [1.29, 1.82) is 0 Å². The number of rotatable bonds is 20. The van der Waals surface area contributed by atoms with Crippen LogP contribution in [-0.2, 0) is 22.4 Å². The number of carbonyl (C=O) groups is 2. The van der Waals surface area contributed by atoms with Crippen molar-refractivity contribution in [1.82, 2.24) is 39.7 Å². The highest BCUT2D eigenvalue weighted by Crippen LogP contribution is 2.36. The summed E-state index contributed by atoms with van der Waals surface area (Å²) in [5.41, 5.74) is 5.22. The van der Waals surface area contributed by atoms with E-state index in [0.29, 0.717) is 97.9 Å². The molecule has 0 aliphatic carbocycles. The predicted octanol–water partition coefficient (Wildman–Crippen LogP) is 13.0. The number of nitrogens with one attached hydrogen (secondary N) is 3. The SMILES string of the molecule is COc1cc2ncnc(Nc3ccc(F)c(Cl)c3)c2cc1CC(=O)/C=C/CN(C)C.COc1cc2ncnc(Nc3ccc(F)c(Cl)c3)c2cc1CC(=O)/C=C/CN(C)C.COc1cc2ncnc(Nc3ccc(F)c(Cl)c3)c2cc1OC. The molecule has 0 spiro atoms. The highest BCUT2D eigenvalue weighted by molar-refractivity contribution is 6.31. The lowest BCUT2D eigenvalue weighted by atomic mass is 10.0. The van der Waals surface area contributed by atoms with E-state index in [1.165, 1.54) is 55.4 Å². The van der Waals surface area contributed by atoms with Gasteiger partial charge in [-0.3, -0.25) is 9.59 Å². The summed E-state index contributed by atoms with van der Waals surface area (Å²) in [6.07, 6.45) is 11.4. The van der Waals surface area contributed by atoms with Crippen LogP contribution in [-0.4, -0.2) is 121 Å². The van der Waals surface area contributed by atoms with Gasteiger partial charge in [-0.2, -0.15) is 0 Å². The Hall–Kier alpha value is -8.66. The third kappa shape index (κ3) is 17.0. The van der Waals surface area contributed by atoms with E-state index in [9.17, 15) is 22.8 Å². The molecule has 0 saturated carbocycles. The number of hydrogen-bond acceptors (Lipinski definition) is 17. The highest BCUT2D eigenvalue weighted by atomic mass is 35.5. The molecule has 0 unspecified atom stereocenters. The fourth-order valence-electron chi connectivity index (χ4n) is 8.01. The van der Waals surface area contributed by atoms with Crippen LogP contribution in [0, 0.1) is 17.5 Å². The van der Waals surface area contributed by atoms with Crippen LogP contribution in [0.25, 0.3) is 32.7 Å². The van der Waals surface area contributed by atoms with Gasteiger partial charge < -0.3 is 44.7 Å². The van der Waals surface area contributed by atoms with E-state index < -0.39 is 17.5 Å². The Labute approximate surface area is 492 Å². The lowest BCUT2D eigenvalue weighted by Crippen LogP contribution is -2.11. The third-order valence-corrected chi connectivity index (χ3v) is 12.9. The van der Waals surface area contributed by atoms with Crippen molar-refractivity contribution in [3.8, 4) is 23.0 Å². The number of ketones is 2. The maximum atomic E-state index is 13.4. The van der Waals surface area contributed by atoms with Gasteiger partial charge in [0.05, 0.1) is 60.1 Å². The van der Waals surface area contributed by atoms with Crippen LogP contribution in [0.2, 0.25) is 15.1 Å². The van der Waals surface area contributed by atoms with Gasteiger partial charge in [0.2, 0.25) is 0 Å². The summed E-state index contributed by atoms with van der Waals surface area (Å²) in [5, 5.41) is 11.6. The molecule has 0 radical (unpaired) electrons. The molecular formula is C60H57Cl3F3N11O6. The fraction of sp³-hybridized carbons (Fsp3) is 0.200. The zero-order valence-electron chi connectivity index (χ0n) is 46.3. The van der Waals surface area contributed by atoms with Crippen LogP contribution in [0.3, 0.4) is 0 Å². The number of allylic oxidation sites excluding steroid dienone is 2. The van der Waals surface area contributed by atoms with Gasteiger partial charge in [-0.1, -0.05) is 47.0 Å². The van der Waals surface area contributed by atoms with Gasteiger partial charge >= 0.3 is 0 Å². The maximum Gasteiger partial charge on any atom is 0.162 e. The lowest BCUT2D eigenvalue weighted by Gasteiger charge is -2.13. The Balaban J connectivity index is 0.000000181. The minimum Gasteiger partial charge on any atom is -0.496 e. The normalized spacial score (nSPS) is 11.2. The topological polar surface area (TPSA) is 191 Å². The second-order valence-electron chi connectivity index (χ2n) is 18.6. The van der Waals surface area contributed by atoms with Crippen LogP contribution in [0.1, 0.15) is 11.1 Å². The monoisotopic (exact) mass is 1190 g/mol. The Morgan fingerprint density at radius 1 is 0.458 bits per heavy atom. The molecule has 0 aliphatic rings. The second-order valence-corrected chi connectivity index (χ2v) is 19.9. The van der Waals surface area contributed by atoms with Gasteiger partial charge in [0.15, 0.2) is 23.1 Å². The standard InChI is InChI=1S/2C22H22ClFN4O2.C16H13ClFN3O2/c2*1-28(2)8-4-5-16(29)9-14-10-17-20(12-21(14)30-3)25-13-26-22(17)27-15-6-7-19(24)18(23)11-15;1-22-14-6-10-13(7-15(14)23-2)19-8-20-16(10)21-9-3-4-12(18)11(17)5-9/h2*4-7,10-13H,8-9H2,1-3H3,(H,25,26,27);3-8H,1-2H3,(H,19,20,21)/b2*5-4+;. The molecule has 0 atom stereocenters. The quantitative estimate of drug-likeness (QED) is 0.0610. The molecule has 430 valence electrons. The van der Waals surface area contributed by atoms with Gasteiger partial charge in [0.25, 0.3) is 0 Å². The number of ether oxygens (including phenoxy) is 4. The molecule has 0 amide bonds. The smallest absolute Gasteiger partial charge is 0.162 e. The van der Waals surface area contributed by atoms with Gasteiger partial charge in [0.1, 0.15) is 65.4 Å². The van der Waals surface area contributed by atoms with Crippen LogP contribution in [0.4, 0.5) is 47.7 Å². The predicted molar refractivity (Wildman–Crippen MR) is 322 cm³/mol. The number of fused-ring (bicyclic) bond motifs is 3. The molecule has 0 fully saturated rings. The summed E-state index contributed by atoms with van der Waals surface area (Å²) >= 11 is 17.5. The Morgan fingerprint density at radius 3 is 1.08 bits per heavy atom. The van der Waals surface area contributed by atoms with Crippen molar-refractivity contribution in [3.05, 3.63) is 178 Å². The summed E-state index contributed by atoms with van der Waals surface area (Å²) in [4.78, 5) is 54.3. The molecule has 17 nitrogen and oxygen atoms in total. The van der Waals surface area contributed by atoms with Crippen molar-refractivity contribution in [2.75, 3.05) is 85.7 Å². The van der Waals surface area contributed by atoms with E-state index in [4.69, 9.17) is 53.8 Å². The van der Waals surface area contributed by atoms with E-state index in [1.807, 2.05) is 62.3 Å². The number of likely N-dealkylation sites (N-methyl/N-ethyl adjacent to an activating group) is 2. The number of halogens is 6. The average Bonchev–Trinajstić information content (AvgIpc) is 3.45. The zero-order valence-corrected chi connectivity index (χ0v) is 48.6. The molecule has 9 aromatic rings. The number of carbonyl (C=O) groups excluding carboxylic acids is 2. The number of benzene rings is 6. The first kappa shape index (κ1) is 61.9. The largest absolute Gasteiger partial charge is 0.496 e. The van der Waals surface area contributed by atoms with Crippen LogP contribution in [0.15, 0.2) is 134 Å². The van der Waals surface area contributed by atoms with Crippen molar-refractivity contribution < 1.29 is 41.7 Å². The van der Waals surface area contributed by atoms with E-state index >= 15 is 0 Å². The molecular weight excluding hydrogens is 1130 g/mol. The van der Waals surface area contributed by atoms with Crippen LogP contribution < -0.4 is 34.9 Å². The van der Waals surface area contributed by atoms with Gasteiger partial charge in [-0.15, -0.1) is 0 Å². The molecule has 23 heteroatoms. The van der Waals surface area contributed by atoms with E-state index in [2.05, 4.69) is 45.9 Å². The minimum absolute atomic E-state index is 0.0100. The Kier molecular flexibility index (Phi) is 21.9. The molecule has 3 N–H and O–H groups in total. The number of aromatic nitrogens is 6. The minimum atomic E-state index is -0.498. The van der Waals surface area contributed by atoms with Crippen molar-refractivity contribution in [2.24, 2.45) is 0 Å². The van der Waals surface area contributed by atoms with Crippen molar-refractivity contribution >= 4 is 114 Å². The molecule has 6 aromatic carbocycles. The van der Waals surface area contributed by atoms with Gasteiger partial charge in [-0.05, 0) is 113 Å². The Bertz CT molecular complexity index is 3680. The maximum absolute atomic E-state index is 13.4. The molecule has 0 aliphatic heterocycles. The highest BCUT2D eigenvalue weighted by Gasteiger charge is 2.17. The average molecular weight is 1190 g/mol. The Morgan fingerprint density at radius 2 is 0.771 bits per heavy atom. The van der Waals surface area contributed by atoms with E-state index in [-0.39, 0.29) is 39.5 Å². The number of hydrogen-bond donors (Lipinski definition) is 3. The number of nitrogens with zero attached hydrogens (tertiary/aromatic N) is 8. The molecule has 83 heavy (non-hydrogen) atoms. The van der Waals surface area contributed by atoms with E-state index in [1.54, 1.807) is 83.1 Å². The van der Waals surface area contributed by atoms with Gasteiger partial charge in [0, 0.05) is 88.5 Å². The molecule has 9 rings (SSSR count). The first-order chi connectivity index (χ1) is 39.9. The summed E-state index contributed by atoms with van der Waals surface area (Å²) in [5.74, 6) is 2.34. The molecule has 3 heterocycles. The van der Waals surface area contributed by atoms with Gasteiger partial charge in [-0.25, -0.2) is 43.1 Å². The van der Waals surface area contributed by atoms with Crippen LogP contribution >= 0.6 is 34.8 Å². The molecule has 0 saturated heterocycles. The number of methoxy groups -OCH3 is 4. The summed E-state index contributed by atoms with van der Waals surface area (Å²) in [6, 6.07) is 23.8. The first-order valence-electron chi connectivity index (χ1n) is 25.2.